The van der Waals surface area contributed by atoms with Crippen molar-refractivity contribution in [3.63, 3.8) is 0 Å². The van der Waals surface area contributed by atoms with Crippen LogP contribution in [0.4, 0.5) is 17.1 Å². The number of nitrogens with one attached hydrogen (secondary N) is 1. The zero-order chi connectivity index (χ0) is 14.0. The van der Waals surface area contributed by atoms with E-state index in [0.717, 1.165) is 10.3 Å². The molecule has 1 aromatic carbocycles. The molecule has 0 spiro atoms. The molecule has 0 atom stereocenters. The van der Waals surface area contributed by atoms with Crippen molar-refractivity contribution in [1.82, 2.24) is 4.98 Å². The van der Waals surface area contributed by atoms with Gasteiger partial charge in [-0.25, -0.2) is 4.98 Å². The number of halogens is 1. The molecule has 0 fully saturated rings. The second-order valence-electron chi connectivity index (χ2n) is 4.11. The van der Waals surface area contributed by atoms with Crippen LogP contribution in [0.3, 0.4) is 0 Å². The fourth-order valence-corrected chi connectivity index (χ4v) is 2.06. The minimum absolute atomic E-state index is 0.272. The van der Waals surface area contributed by atoms with E-state index < -0.39 is 0 Å². The van der Waals surface area contributed by atoms with Crippen LogP contribution in [-0.4, -0.2) is 10.9 Å². The Morgan fingerprint density at radius 1 is 1.21 bits per heavy atom. The Balaban J connectivity index is 2.25. The van der Waals surface area contributed by atoms with Gasteiger partial charge in [0.05, 0.1) is 11.4 Å². The van der Waals surface area contributed by atoms with Gasteiger partial charge in [0.2, 0.25) is 0 Å². The minimum Gasteiger partial charge on any atom is -0.399 e. The summed E-state index contributed by atoms with van der Waals surface area (Å²) in [7, 11) is 0. The maximum atomic E-state index is 12.1. The second-order valence-corrected chi connectivity index (χ2v) is 4.92. The normalized spacial score (nSPS) is 10.2. The van der Waals surface area contributed by atoms with Gasteiger partial charge in [0.25, 0.3) is 5.91 Å². The van der Waals surface area contributed by atoms with E-state index in [4.69, 9.17) is 11.5 Å². The highest BCUT2D eigenvalue weighted by molar-refractivity contribution is 9.10. The van der Waals surface area contributed by atoms with Crippen molar-refractivity contribution in [2.24, 2.45) is 0 Å². The summed E-state index contributed by atoms with van der Waals surface area (Å²) in [4.78, 5) is 16.3. The van der Waals surface area contributed by atoms with E-state index in [1.54, 1.807) is 30.3 Å². The van der Waals surface area contributed by atoms with E-state index in [1.165, 1.54) is 0 Å². The molecule has 0 aliphatic carbocycles. The first-order chi connectivity index (χ1) is 8.95. The van der Waals surface area contributed by atoms with Crippen LogP contribution in [0.5, 0.6) is 0 Å². The molecule has 0 saturated heterocycles. The molecule has 0 radical (unpaired) electrons. The first-order valence-electron chi connectivity index (χ1n) is 5.56. The van der Waals surface area contributed by atoms with E-state index in [0.29, 0.717) is 22.6 Å². The molecule has 2 rings (SSSR count). The first kappa shape index (κ1) is 13.4. The third-order valence-electron chi connectivity index (χ3n) is 2.54. The average Bonchev–Trinajstić information content (AvgIpc) is 2.31. The molecular formula is C13H13BrN4O. The van der Waals surface area contributed by atoms with Gasteiger partial charge in [-0.15, -0.1) is 0 Å². The van der Waals surface area contributed by atoms with E-state index in [1.807, 2.05) is 6.92 Å². The van der Waals surface area contributed by atoms with Crippen molar-refractivity contribution in [1.29, 1.82) is 0 Å². The SMILES string of the molecule is Cc1nc(Br)ccc1NC(=O)c1cc(N)cc(N)c1. The van der Waals surface area contributed by atoms with E-state index >= 15 is 0 Å². The van der Waals surface area contributed by atoms with Gasteiger partial charge in [0.1, 0.15) is 4.60 Å². The monoisotopic (exact) mass is 320 g/mol. The summed E-state index contributed by atoms with van der Waals surface area (Å²) >= 11 is 3.27. The zero-order valence-corrected chi connectivity index (χ0v) is 11.9. The van der Waals surface area contributed by atoms with Gasteiger partial charge < -0.3 is 16.8 Å². The predicted octanol–water partition coefficient (Wildman–Crippen LogP) is 2.57. The van der Waals surface area contributed by atoms with Crippen molar-refractivity contribution in [3.05, 3.63) is 46.2 Å². The third kappa shape index (κ3) is 3.23. The van der Waals surface area contributed by atoms with Crippen LogP contribution in [-0.2, 0) is 0 Å². The largest absolute Gasteiger partial charge is 0.399 e. The first-order valence-corrected chi connectivity index (χ1v) is 6.35. The number of hydrogen-bond acceptors (Lipinski definition) is 4. The Labute approximate surface area is 119 Å². The highest BCUT2D eigenvalue weighted by Gasteiger charge is 2.09. The predicted molar refractivity (Wildman–Crippen MR) is 79.9 cm³/mol. The third-order valence-corrected chi connectivity index (χ3v) is 2.98. The van der Waals surface area contributed by atoms with Crippen LogP contribution in [0.15, 0.2) is 34.9 Å². The number of pyridine rings is 1. The molecule has 0 aliphatic rings. The van der Waals surface area contributed by atoms with Crippen molar-refractivity contribution >= 4 is 38.9 Å². The van der Waals surface area contributed by atoms with Gasteiger partial charge in [0.15, 0.2) is 0 Å². The van der Waals surface area contributed by atoms with Crippen molar-refractivity contribution < 1.29 is 4.79 Å². The Hall–Kier alpha value is -2.08. The molecule has 1 aromatic heterocycles. The lowest BCUT2D eigenvalue weighted by molar-refractivity contribution is 0.102. The van der Waals surface area contributed by atoms with Gasteiger partial charge in [-0.2, -0.15) is 0 Å². The second kappa shape index (κ2) is 5.27. The molecule has 0 bridgehead atoms. The molecule has 98 valence electrons. The number of aromatic nitrogens is 1. The molecule has 0 aliphatic heterocycles. The van der Waals surface area contributed by atoms with Crippen molar-refractivity contribution in [2.75, 3.05) is 16.8 Å². The number of hydrogen-bond donors (Lipinski definition) is 3. The van der Waals surface area contributed by atoms with Crippen LogP contribution >= 0.6 is 15.9 Å². The summed E-state index contributed by atoms with van der Waals surface area (Å²) in [5.74, 6) is -0.272. The van der Waals surface area contributed by atoms with Gasteiger partial charge in [0, 0.05) is 16.9 Å². The number of amides is 1. The number of carbonyl (C=O) groups excluding carboxylic acids is 1. The summed E-state index contributed by atoms with van der Waals surface area (Å²) < 4.78 is 0.719. The number of nitrogens with zero attached hydrogens (tertiary/aromatic N) is 1. The number of aryl methyl sites for hydroxylation is 1. The molecule has 19 heavy (non-hydrogen) atoms. The smallest absolute Gasteiger partial charge is 0.255 e. The van der Waals surface area contributed by atoms with E-state index in [9.17, 15) is 4.79 Å². The number of anilines is 3. The molecular weight excluding hydrogens is 308 g/mol. The standard InChI is InChI=1S/C13H13BrN4O/c1-7-11(2-3-12(14)17-7)18-13(19)8-4-9(15)6-10(16)5-8/h2-6H,15-16H2,1H3,(H,18,19). The van der Waals surface area contributed by atoms with E-state index in [-0.39, 0.29) is 5.91 Å². The number of carbonyl (C=O) groups is 1. The number of rotatable bonds is 2. The molecule has 5 N–H and O–H groups in total. The lowest BCUT2D eigenvalue weighted by Crippen LogP contribution is -2.14. The molecule has 1 heterocycles. The van der Waals surface area contributed by atoms with Crippen molar-refractivity contribution in [2.45, 2.75) is 6.92 Å². The van der Waals surface area contributed by atoms with Crippen molar-refractivity contribution in [3.8, 4) is 0 Å². The zero-order valence-electron chi connectivity index (χ0n) is 10.3. The van der Waals surface area contributed by atoms with Gasteiger partial charge in [-0.05, 0) is 53.2 Å². The maximum absolute atomic E-state index is 12.1. The summed E-state index contributed by atoms with van der Waals surface area (Å²) in [6.07, 6.45) is 0. The maximum Gasteiger partial charge on any atom is 0.255 e. The molecule has 2 aromatic rings. The van der Waals surface area contributed by atoms with Crippen LogP contribution in [0.25, 0.3) is 0 Å². The topological polar surface area (TPSA) is 94.0 Å². The van der Waals surface area contributed by atoms with E-state index in [2.05, 4.69) is 26.2 Å². The lowest BCUT2D eigenvalue weighted by atomic mass is 10.1. The quantitative estimate of drug-likeness (QED) is 0.585. The summed E-state index contributed by atoms with van der Waals surface area (Å²) in [5, 5.41) is 2.77. The molecule has 0 saturated carbocycles. The Kier molecular flexibility index (Phi) is 3.71. The minimum atomic E-state index is -0.272. The Morgan fingerprint density at radius 3 is 2.42 bits per heavy atom. The average molecular weight is 321 g/mol. The molecule has 6 heteroatoms. The Morgan fingerprint density at radius 2 is 1.84 bits per heavy atom. The summed E-state index contributed by atoms with van der Waals surface area (Å²) in [6, 6.07) is 8.29. The number of nitrogens with two attached hydrogens (primary N) is 2. The number of benzene rings is 1. The fraction of sp³-hybridized carbons (Fsp3) is 0.0769. The highest BCUT2D eigenvalue weighted by atomic mass is 79.9. The fourth-order valence-electron chi connectivity index (χ4n) is 1.66. The van der Waals surface area contributed by atoms with Gasteiger partial charge >= 0.3 is 0 Å². The summed E-state index contributed by atoms with van der Waals surface area (Å²) in [6.45, 7) is 1.81. The van der Waals surface area contributed by atoms with Crippen LogP contribution in [0, 0.1) is 6.92 Å². The molecule has 1 amide bonds. The molecule has 0 unspecified atom stereocenters. The Bertz CT molecular complexity index is 622. The number of nitrogen functional groups attached to an aromatic ring is 2. The van der Waals surface area contributed by atoms with Crippen LogP contribution in [0.1, 0.15) is 16.1 Å². The summed E-state index contributed by atoms with van der Waals surface area (Å²) in [5.41, 5.74) is 14.0. The van der Waals surface area contributed by atoms with Gasteiger partial charge in [-0.3, -0.25) is 4.79 Å². The van der Waals surface area contributed by atoms with Gasteiger partial charge in [-0.1, -0.05) is 0 Å². The highest BCUT2D eigenvalue weighted by Crippen LogP contribution is 2.19. The molecule has 5 nitrogen and oxygen atoms in total. The lowest BCUT2D eigenvalue weighted by Gasteiger charge is -2.09. The van der Waals surface area contributed by atoms with Crippen LogP contribution in [0.2, 0.25) is 0 Å². The van der Waals surface area contributed by atoms with Crippen LogP contribution < -0.4 is 16.8 Å².